The summed E-state index contributed by atoms with van der Waals surface area (Å²) in [5, 5.41) is 2.88. The average molecular weight is 186 g/mol. The molecule has 0 aromatic carbocycles. The van der Waals surface area contributed by atoms with Gasteiger partial charge in [-0.1, -0.05) is 6.92 Å². The van der Waals surface area contributed by atoms with Gasteiger partial charge in [0.2, 0.25) is 5.91 Å². The molecule has 3 heteroatoms. The summed E-state index contributed by atoms with van der Waals surface area (Å²) in [5.41, 5.74) is 0. The van der Waals surface area contributed by atoms with E-state index < -0.39 is 0 Å². The Balaban J connectivity index is 3.37. The van der Waals surface area contributed by atoms with Crippen LogP contribution in [0.3, 0.4) is 0 Å². The van der Waals surface area contributed by atoms with Crippen LogP contribution < -0.4 is 5.32 Å². The Bertz CT molecular complexity index is 146. The van der Waals surface area contributed by atoms with Gasteiger partial charge in [0.1, 0.15) is 0 Å². The highest BCUT2D eigenvalue weighted by Gasteiger charge is 2.03. The summed E-state index contributed by atoms with van der Waals surface area (Å²) >= 11 is 0. The number of rotatable bonds is 6. The van der Waals surface area contributed by atoms with Gasteiger partial charge in [0.15, 0.2) is 0 Å². The molecule has 1 amide bonds. The lowest BCUT2D eigenvalue weighted by Gasteiger charge is -2.13. The van der Waals surface area contributed by atoms with Gasteiger partial charge < -0.3 is 10.2 Å². The minimum Gasteiger partial charge on any atom is -0.354 e. The molecule has 0 aliphatic rings. The largest absolute Gasteiger partial charge is 0.354 e. The lowest BCUT2D eigenvalue weighted by atomic mass is 10.2. The number of nitrogens with one attached hydrogen (secondary N) is 1. The van der Waals surface area contributed by atoms with Crippen LogP contribution in [0.15, 0.2) is 0 Å². The Morgan fingerprint density at radius 2 is 2.08 bits per heavy atom. The van der Waals surface area contributed by atoms with E-state index in [9.17, 15) is 4.79 Å². The number of hydrogen-bond donors (Lipinski definition) is 1. The van der Waals surface area contributed by atoms with Crippen molar-refractivity contribution in [2.75, 3.05) is 20.1 Å². The molecule has 3 nitrogen and oxygen atoms in total. The third kappa shape index (κ3) is 7.78. The molecule has 0 aromatic heterocycles. The topological polar surface area (TPSA) is 32.3 Å². The average Bonchev–Trinajstić information content (AvgIpc) is 2.02. The molecular formula is C10H22N2O. The number of hydrogen-bond acceptors (Lipinski definition) is 2. The molecule has 0 fully saturated rings. The van der Waals surface area contributed by atoms with Crippen molar-refractivity contribution in [3.8, 4) is 0 Å². The van der Waals surface area contributed by atoms with Gasteiger partial charge in [0.25, 0.3) is 0 Å². The minimum absolute atomic E-state index is 0.166. The van der Waals surface area contributed by atoms with Crippen LogP contribution in [0, 0.1) is 0 Å². The number of amides is 1. The molecule has 0 aliphatic carbocycles. The second-order valence-corrected chi connectivity index (χ2v) is 3.72. The maximum absolute atomic E-state index is 11.2. The normalized spacial score (nSPS) is 10.9. The van der Waals surface area contributed by atoms with E-state index in [2.05, 4.69) is 24.2 Å². The molecule has 0 spiro atoms. The third-order valence-corrected chi connectivity index (χ3v) is 1.93. The molecule has 0 bridgehead atoms. The van der Waals surface area contributed by atoms with Crippen LogP contribution >= 0.6 is 0 Å². The van der Waals surface area contributed by atoms with Gasteiger partial charge in [-0.05, 0) is 40.4 Å². The van der Waals surface area contributed by atoms with E-state index in [-0.39, 0.29) is 11.9 Å². The van der Waals surface area contributed by atoms with E-state index in [1.165, 1.54) is 0 Å². The highest BCUT2D eigenvalue weighted by molar-refractivity contribution is 5.76. The van der Waals surface area contributed by atoms with Gasteiger partial charge in [-0.25, -0.2) is 0 Å². The number of nitrogens with zero attached hydrogens (tertiary/aromatic N) is 1. The van der Waals surface area contributed by atoms with Crippen molar-refractivity contribution >= 4 is 5.91 Å². The van der Waals surface area contributed by atoms with E-state index in [1.54, 1.807) is 0 Å². The van der Waals surface area contributed by atoms with Crippen LogP contribution in [-0.4, -0.2) is 37.0 Å². The Hall–Kier alpha value is -0.570. The molecule has 0 heterocycles. The Morgan fingerprint density at radius 3 is 2.54 bits per heavy atom. The third-order valence-electron chi connectivity index (χ3n) is 1.93. The van der Waals surface area contributed by atoms with Crippen molar-refractivity contribution in [3.05, 3.63) is 0 Å². The predicted octanol–water partition coefficient (Wildman–Crippen LogP) is 1.24. The summed E-state index contributed by atoms with van der Waals surface area (Å²) in [6, 6.07) is 0.261. The molecule has 78 valence electrons. The van der Waals surface area contributed by atoms with Gasteiger partial charge >= 0.3 is 0 Å². The van der Waals surface area contributed by atoms with Gasteiger partial charge in [-0.2, -0.15) is 0 Å². The van der Waals surface area contributed by atoms with Crippen LogP contribution in [0.5, 0.6) is 0 Å². The van der Waals surface area contributed by atoms with E-state index in [1.807, 2.05) is 13.8 Å². The minimum atomic E-state index is 0.166. The zero-order chi connectivity index (χ0) is 10.3. The second-order valence-electron chi connectivity index (χ2n) is 3.72. The zero-order valence-electron chi connectivity index (χ0n) is 9.26. The van der Waals surface area contributed by atoms with E-state index >= 15 is 0 Å². The van der Waals surface area contributed by atoms with Crippen LogP contribution in [0.1, 0.15) is 33.6 Å². The van der Waals surface area contributed by atoms with Crippen molar-refractivity contribution in [1.29, 1.82) is 0 Å². The van der Waals surface area contributed by atoms with Crippen LogP contribution in [0.2, 0.25) is 0 Å². The molecule has 13 heavy (non-hydrogen) atoms. The van der Waals surface area contributed by atoms with E-state index in [0.717, 1.165) is 19.5 Å². The van der Waals surface area contributed by atoms with E-state index in [4.69, 9.17) is 0 Å². The van der Waals surface area contributed by atoms with Gasteiger partial charge in [0, 0.05) is 12.5 Å². The molecule has 0 unspecified atom stereocenters. The molecule has 0 saturated heterocycles. The van der Waals surface area contributed by atoms with Crippen molar-refractivity contribution < 1.29 is 4.79 Å². The summed E-state index contributed by atoms with van der Waals surface area (Å²) in [7, 11) is 2.07. The van der Waals surface area contributed by atoms with Crippen molar-refractivity contribution in [2.24, 2.45) is 0 Å². The maximum atomic E-state index is 11.2. The quantitative estimate of drug-likeness (QED) is 0.677. The Kier molecular flexibility index (Phi) is 6.59. The smallest absolute Gasteiger partial charge is 0.220 e. The lowest BCUT2D eigenvalue weighted by molar-refractivity contribution is -0.121. The van der Waals surface area contributed by atoms with Crippen molar-refractivity contribution in [3.63, 3.8) is 0 Å². The predicted molar refractivity (Wildman–Crippen MR) is 55.7 cm³/mol. The fourth-order valence-electron chi connectivity index (χ4n) is 1.06. The molecular weight excluding hydrogens is 164 g/mol. The van der Waals surface area contributed by atoms with Crippen molar-refractivity contribution in [1.82, 2.24) is 10.2 Å². The molecule has 0 aromatic rings. The number of carbonyl (C=O) groups excluding carboxylic acids is 1. The highest BCUT2D eigenvalue weighted by atomic mass is 16.1. The summed E-state index contributed by atoms with van der Waals surface area (Å²) in [6.07, 6.45) is 1.59. The fourth-order valence-corrected chi connectivity index (χ4v) is 1.06. The summed E-state index contributed by atoms with van der Waals surface area (Å²) < 4.78 is 0. The molecule has 0 rings (SSSR count). The molecule has 0 atom stereocenters. The summed E-state index contributed by atoms with van der Waals surface area (Å²) in [4.78, 5) is 13.4. The first-order valence-corrected chi connectivity index (χ1v) is 5.04. The van der Waals surface area contributed by atoms with Gasteiger partial charge in [0.05, 0.1) is 0 Å². The standard InChI is InChI=1S/C10H22N2O/c1-5-12(4)8-6-7-10(13)11-9(2)3/h9H,5-8H2,1-4H3,(H,11,13). The molecule has 0 aliphatic heterocycles. The SMILES string of the molecule is CCN(C)CCCC(=O)NC(C)C. The first-order valence-electron chi connectivity index (χ1n) is 5.04. The lowest BCUT2D eigenvalue weighted by Crippen LogP contribution is -2.30. The summed E-state index contributed by atoms with van der Waals surface area (Å²) in [6.45, 7) is 8.13. The first-order chi connectivity index (χ1) is 6.06. The Morgan fingerprint density at radius 1 is 1.46 bits per heavy atom. The van der Waals surface area contributed by atoms with Crippen LogP contribution in [0.4, 0.5) is 0 Å². The van der Waals surface area contributed by atoms with Crippen molar-refractivity contribution in [2.45, 2.75) is 39.7 Å². The fraction of sp³-hybridized carbons (Fsp3) is 0.900. The van der Waals surface area contributed by atoms with Crippen LogP contribution in [0.25, 0.3) is 0 Å². The van der Waals surface area contributed by atoms with Crippen LogP contribution in [-0.2, 0) is 4.79 Å². The Labute approximate surface area is 81.5 Å². The first kappa shape index (κ1) is 12.4. The van der Waals surface area contributed by atoms with Gasteiger partial charge in [-0.15, -0.1) is 0 Å². The van der Waals surface area contributed by atoms with Gasteiger partial charge in [-0.3, -0.25) is 4.79 Å². The maximum Gasteiger partial charge on any atom is 0.220 e. The molecule has 0 saturated carbocycles. The summed E-state index contributed by atoms with van der Waals surface area (Å²) in [5.74, 6) is 0.166. The van der Waals surface area contributed by atoms with E-state index in [0.29, 0.717) is 6.42 Å². The number of carbonyl (C=O) groups is 1. The monoisotopic (exact) mass is 186 g/mol. The zero-order valence-corrected chi connectivity index (χ0v) is 9.26. The molecule has 0 radical (unpaired) electrons. The second kappa shape index (κ2) is 6.89. The molecule has 1 N–H and O–H groups in total. The highest BCUT2D eigenvalue weighted by Crippen LogP contribution is 1.93.